The summed E-state index contributed by atoms with van der Waals surface area (Å²) >= 11 is 0. The molecule has 0 heterocycles. The number of aliphatic carboxylic acids is 1. The zero-order chi connectivity index (χ0) is 14.1. The second kappa shape index (κ2) is 8.98. The molecule has 102 valence electrons. The van der Waals surface area contributed by atoms with Gasteiger partial charge in [0.1, 0.15) is 6.54 Å². The molecule has 0 aromatic rings. The number of carbonyl (C=O) groups excluding carboxylic acids is 1. The van der Waals surface area contributed by atoms with Crippen molar-refractivity contribution in [3.63, 3.8) is 0 Å². The van der Waals surface area contributed by atoms with Crippen LogP contribution in [-0.4, -0.2) is 40.5 Å². The molecule has 0 saturated heterocycles. The average Bonchev–Trinajstić information content (AvgIpc) is 2.36. The van der Waals surface area contributed by atoms with Crippen molar-refractivity contribution in [2.24, 2.45) is 5.73 Å². The second-order valence-corrected chi connectivity index (χ2v) is 3.78. The third kappa shape index (κ3) is 5.68. The average molecular weight is 246 g/mol. The fourth-order valence-corrected chi connectivity index (χ4v) is 1.46. The molecular formula is C12H26N2O3. The monoisotopic (exact) mass is 246 g/mol. The molecule has 17 heavy (non-hydrogen) atoms. The third-order valence-electron chi connectivity index (χ3n) is 2.94. The second-order valence-electron chi connectivity index (χ2n) is 3.78. The van der Waals surface area contributed by atoms with Crippen LogP contribution in [0.15, 0.2) is 0 Å². The van der Waals surface area contributed by atoms with Crippen LogP contribution in [0.1, 0.15) is 47.5 Å². The Morgan fingerprint density at radius 1 is 1.24 bits per heavy atom. The van der Waals surface area contributed by atoms with Gasteiger partial charge >= 0.3 is 5.97 Å². The molecule has 0 aromatic carbocycles. The van der Waals surface area contributed by atoms with E-state index < -0.39 is 11.5 Å². The van der Waals surface area contributed by atoms with Gasteiger partial charge in [-0.3, -0.25) is 9.59 Å². The van der Waals surface area contributed by atoms with E-state index in [4.69, 9.17) is 10.8 Å². The molecule has 0 aliphatic heterocycles. The maximum absolute atomic E-state index is 11.5. The molecule has 0 fully saturated rings. The van der Waals surface area contributed by atoms with Crippen LogP contribution in [0.3, 0.4) is 0 Å². The molecule has 0 aromatic heterocycles. The van der Waals surface area contributed by atoms with Gasteiger partial charge in [0, 0.05) is 5.54 Å². The lowest BCUT2D eigenvalue weighted by Crippen LogP contribution is -2.53. The Balaban J connectivity index is 0. The van der Waals surface area contributed by atoms with Crippen LogP contribution < -0.4 is 5.73 Å². The standard InChI is InChI=1S/C10H20N2O3.C2H6/c1-4-10(3,5-2)12(7-9(14)15)8(13)6-11;1-2/h4-7,11H2,1-3H3,(H,14,15);1-2H3. The summed E-state index contributed by atoms with van der Waals surface area (Å²) in [7, 11) is 0. The number of amides is 1. The van der Waals surface area contributed by atoms with Crippen LogP contribution in [0.5, 0.6) is 0 Å². The van der Waals surface area contributed by atoms with Gasteiger partial charge in [-0.1, -0.05) is 27.7 Å². The van der Waals surface area contributed by atoms with E-state index in [1.807, 2.05) is 34.6 Å². The number of hydrogen-bond donors (Lipinski definition) is 2. The zero-order valence-corrected chi connectivity index (χ0v) is 11.6. The highest BCUT2D eigenvalue weighted by Crippen LogP contribution is 2.23. The number of hydrogen-bond acceptors (Lipinski definition) is 3. The number of rotatable bonds is 6. The van der Waals surface area contributed by atoms with Gasteiger partial charge in [0.25, 0.3) is 0 Å². The van der Waals surface area contributed by atoms with Crippen LogP contribution >= 0.6 is 0 Å². The lowest BCUT2D eigenvalue weighted by molar-refractivity contribution is -0.148. The van der Waals surface area contributed by atoms with Crippen molar-refractivity contribution in [2.75, 3.05) is 13.1 Å². The quantitative estimate of drug-likeness (QED) is 0.743. The minimum atomic E-state index is -1.01. The Bertz CT molecular complexity index is 238. The Kier molecular flexibility index (Phi) is 9.66. The van der Waals surface area contributed by atoms with Crippen molar-refractivity contribution < 1.29 is 14.7 Å². The summed E-state index contributed by atoms with van der Waals surface area (Å²) in [5, 5.41) is 8.75. The summed E-state index contributed by atoms with van der Waals surface area (Å²) in [5.41, 5.74) is 4.85. The van der Waals surface area contributed by atoms with Gasteiger partial charge in [0.2, 0.25) is 5.91 Å². The predicted molar refractivity (Wildman–Crippen MR) is 68.7 cm³/mol. The van der Waals surface area contributed by atoms with Crippen LogP contribution in [0.25, 0.3) is 0 Å². The number of carboxylic acids is 1. The van der Waals surface area contributed by atoms with E-state index in [0.29, 0.717) is 12.8 Å². The van der Waals surface area contributed by atoms with Gasteiger partial charge < -0.3 is 15.7 Å². The van der Waals surface area contributed by atoms with Gasteiger partial charge in [-0.15, -0.1) is 0 Å². The minimum Gasteiger partial charge on any atom is -0.480 e. The molecule has 5 nitrogen and oxygen atoms in total. The van der Waals surface area contributed by atoms with Crippen molar-refractivity contribution in [1.29, 1.82) is 0 Å². The van der Waals surface area contributed by atoms with E-state index in [0.717, 1.165) is 0 Å². The SMILES string of the molecule is CC.CCC(C)(CC)N(CC(=O)O)C(=O)CN. The summed E-state index contributed by atoms with van der Waals surface area (Å²) in [6.45, 7) is 9.31. The molecule has 5 heteroatoms. The van der Waals surface area contributed by atoms with Gasteiger partial charge in [-0.25, -0.2) is 0 Å². The summed E-state index contributed by atoms with van der Waals surface area (Å²) in [4.78, 5) is 23.6. The third-order valence-corrected chi connectivity index (χ3v) is 2.94. The predicted octanol–water partition coefficient (Wildman–Crippen LogP) is 1.46. The number of nitrogens with zero attached hydrogens (tertiary/aromatic N) is 1. The van der Waals surface area contributed by atoms with Gasteiger partial charge in [-0.05, 0) is 19.8 Å². The molecule has 0 bridgehead atoms. The molecule has 0 aliphatic carbocycles. The van der Waals surface area contributed by atoms with Crippen molar-refractivity contribution in [3.05, 3.63) is 0 Å². The molecule has 0 spiro atoms. The number of carbonyl (C=O) groups is 2. The van der Waals surface area contributed by atoms with Crippen molar-refractivity contribution in [3.8, 4) is 0 Å². The smallest absolute Gasteiger partial charge is 0.323 e. The maximum Gasteiger partial charge on any atom is 0.323 e. The topological polar surface area (TPSA) is 83.6 Å². The lowest BCUT2D eigenvalue weighted by atomic mass is 9.93. The lowest BCUT2D eigenvalue weighted by Gasteiger charge is -2.39. The number of carboxylic acid groups (broad SMARTS) is 1. The first-order chi connectivity index (χ1) is 7.91. The first-order valence-corrected chi connectivity index (χ1v) is 6.13. The van der Waals surface area contributed by atoms with E-state index in [1.54, 1.807) is 0 Å². The highest BCUT2D eigenvalue weighted by Gasteiger charge is 2.32. The Hall–Kier alpha value is -1.10. The largest absolute Gasteiger partial charge is 0.480 e. The molecule has 0 atom stereocenters. The Morgan fingerprint density at radius 2 is 1.65 bits per heavy atom. The summed E-state index contributed by atoms with van der Waals surface area (Å²) in [5.74, 6) is -1.33. The number of nitrogens with two attached hydrogens (primary N) is 1. The Morgan fingerprint density at radius 3 is 1.88 bits per heavy atom. The fourth-order valence-electron chi connectivity index (χ4n) is 1.46. The molecule has 3 N–H and O–H groups in total. The van der Waals surface area contributed by atoms with Crippen LogP contribution in [0.2, 0.25) is 0 Å². The zero-order valence-electron chi connectivity index (χ0n) is 11.6. The van der Waals surface area contributed by atoms with Crippen LogP contribution in [-0.2, 0) is 9.59 Å². The molecule has 0 radical (unpaired) electrons. The molecule has 1 amide bonds. The molecule has 0 rings (SSSR count). The fraction of sp³-hybridized carbons (Fsp3) is 0.833. The van der Waals surface area contributed by atoms with Gasteiger partial charge in [0.05, 0.1) is 6.54 Å². The molecule has 0 saturated carbocycles. The van der Waals surface area contributed by atoms with Gasteiger partial charge in [0.15, 0.2) is 0 Å². The molecular weight excluding hydrogens is 220 g/mol. The molecule has 0 aliphatic rings. The highest BCUT2D eigenvalue weighted by molar-refractivity contribution is 5.83. The van der Waals surface area contributed by atoms with E-state index in [9.17, 15) is 9.59 Å². The first kappa shape index (κ1) is 18.3. The summed E-state index contributed by atoms with van der Waals surface area (Å²) in [6, 6.07) is 0. The van der Waals surface area contributed by atoms with E-state index in [-0.39, 0.29) is 19.0 Å². The van der Waals surface area contributed by atoms with Gasteiger partial charge in [-0.2, -0.15) is 0 Å². The summed E-state index contributed by atoms with van der Waals surface area (Å²) in [6.07, 6.45) is 1.42. The molecule has 0 unspecified atom stereocenters. The minimum absolute atomic E-state index is 0.150. The van der Waals surface area contributed by atoms with E-state index in [1.165, 1.54) is 4.90 Å². The van der Waals surface area contributed by atoms with E-state index in [2.05, 4.69) is 0 Å². The highest BCUT2D eigenvalue weighted by atomic mass is 16.4. The van der Waals surface area contributed by atoms with Crippen molar-refractivity contribution in [1.82, 2.24) is 4.90 Å². The van der Waals surface area contributed by atoms with Crippen LogP contribution in [0.4, 0.5) is 0 Å². The van der Waals surface area contributed by atoms with Crippen molar-refractivity contribution >= 4 is 11.9 Å². The normalized spacial score (nSPS) is 10.2. The van der Waals surface area contributed by atoms with Crippen LogP contribution in [0, 0.1) is 0 Å². The first-order valence-electron chi connectivity index (χ1n) is 6.13. The summed E-state index contributed by atoms with van der Waals surface area (Å²) < 4.78 is 0. The maximum atomic E-state index is 11.5. The van der Waals surface area contributed by atoms with E-state index >= 15 is 0 Å². The van der Waals surface area contributed by atoms with Crippen molar-refractivity contribution in [2.45, 2.75) is 53.0 Å². The Labute approximate surface area is 104 Å².